The molecule has 1 heterocycles. The predicted molar refractivity (Wildman–Crippen MR) is 59.7 cm³/mol. The van der Waals surface area contributed by atoms with Gasteiger partial charge in [-0.2, -0.15) is 13.2 Å². The van der Waals surface area contributed by atoms with Crippen LogP contribution in [0.15, 0.2) is 0 Å². The van der Waals surface area contributed by atoms with Gasteiger partial charge in [0.25, 0.3) is 0 Å². The lowest BCUT2D eigenvalue weighted by Crippen LogP contribution is -2.46. The molecule has 0 spiro atoms. The number of hydrogen-bond donors (Lipinski definition) is 0. The van der Waals surface area contributed by atoms with E-state index < -0.39 is 5.51 Å². The van der Waals surface area contributed by atoms with Crippen LogP contribution in [0.5, 0.6) is 0 Å². The van der Waals surface area contributed by atoms with Gasteiger partial charge in [-0.1, -0.05) is 6.42 Å². The molecule has 0 amide bonds. The smallest absolute Gasteiger partial charge is 0.441 e. The van der Waals surface area contributed by atoms with Crippen LogP contribution in [0, 0.1) is 0 Å². The molecule has 0 N–H and O–H groups in total. The Morgan fingerprint density at radius 2 is 2.18 bits per heavy atom. The average Bonchev–Trinajstić information content (AvgIpc) is 2.27. The largest absolute Gasteiger partial charge is 0.468 e. The molecule has 0 aromatic heterocycles. The number of hydrogen-bond acceptors (Lipinski definition) is 4. The van der Waals surface area contributed by atoms with Gasteiger partial charge in [0.1, 0.15) is 6.04 Å². The molecule has 17 heavy (non-hydrogen) atoms. The molecule has 0 saturated carbocycles. The topological polar surface area (TPSA) is 29.5 Å². The van der Waals surface area contributed by atoms with E-state index in [9.17, 15) is 18.0 Å². The number of rotatable bonds is 4. The minimum Gasteiger partial charge on any atom is -0.468 e. The molecule has 3 nitrogen and oxygen atoms in total. The van der Waals surface area contributed by atoms with Crippen molar-refractivity contribution in [3.63, 3.8) is 0 Å². The fourth-order valence-electron chi connectivity index (χ4n) is 1.94. The van der Waals surface area contributed by atoms with Gasteiger partial charge in [-0.15, -0.1) is 0 Å². The Labute approximate surface area is 103 Å². The molecule has 1 aliphatic rings. The van der Waals surface area contributed by atoms with Crippen LogP contribution in [0.2, 0.25) is 0 Å². The zero-order chi connectivity index (χ0) is 12.9. The minimum absolute atomic E-state index is 0.0446. The van der Waals surface area contributed by atoms with Gasteiger partial charge in [-0.05, 0) is 31.1 Å². The maximum Gasteiger partial charge on any atom is 0.441 e. The van der Waals surface area contributed by atoms with Crippen molar-refractivity contribution in [1.29, 1.82) is 0 Å². The Balaban J connectivity index is 2.40. The number of carbonyl (C=O) groups excluding carboxylic acids is 1. The van der Waals surface area contributed by atoms with Crippen molar-refractivity contribution in [1.82, 2.24) is 4.90 Å². The van der Waals surface area contributed by atoms with Crippen LogP contribution in [0.25, 0.3) is 0 Å². The summed E-state index contributed by atoms with van der Waals surface area (Å²) in [4.78, 5) is 13.2. The molecule has 0 radical (unpaired) electrons. The lowest BCUT2D eigenvalue weighted by atomic mass is 10.0. The summed E-state index contributed by atoms with van der Waals surface area (Å²) >= 11 is -0.0452. The summed E-state index contributed by atoms with van der Waals surface area (Å²) in [6, 6.07) is -0.373. The summed E-state index contributed by atoms with van der Waals surface area (Å²) in [5.74, 6) is -0.390. The molecular formula is C10H16F3NO2S. The zero-order valence-electron chi connectivity index (χ0n) is 9.63. The first-order valence-electron chi connectivity index (χ1n) is 5.46. The number of alkyl halides is 3. The second-order valence-corrected chi connectivity index (χ2v) is 5.02. The van der Waals surface area contributed by atoms with Crippen molar-refractivity contribution in [2.75, 3.05) is 26.0 Å². The number of ether oxygens (including phenoxy) is 1. The van der Waals surface area contributed by atoms with E-state index in [-0.39, 0.29) is 36.1 Å². The SMILES string of the molecule is COC(=O)[C@H]1CCCCN1CCSC(F)(F)F. The van der Waals surface area contributed by atoms with Gasteiger partial charge < -0.3 is 4.74 Å². The Hall–Kier alpha value is -0.430. The summed E-state index contributed by atoms with van der Waals surface area (Å²) in [7, 11) is 1.31. The molecule has 7 heteroatoms. The van der Waals surface area contributed by atoms with Gasteiger partial charge in [-0.3, -0.25) is 9.69 Å². The number of nitrogens with zero attached hydrogens (tertiary/aromatic N) is 1. The van der Waals surface area contributed by atoms with E-state index in [4.69, 9.17) is 0 Å². The Bertz CT molecular complexity index is 260. The van der Waals surface area contributed by atoms with Gasteiger partial charge >= 0.3 is 11.5 Å². The third kappa shape index (κ3) is 5.16. The number of methoxy groups -OCH3 is 1. The number of carbonyl (C=O) groups is 1. The average molecular weight is 271 g/mol. The van der Waals surface area contributed by atoms with E-state index in [1.54, 1.807) is 4.90 Å². The van der Waals surface area contributed by atoms with Crippen molar-refractivity contribution in [3.8, 4) is 0 Å². The first-order valence-corrected chi connectivity index (χ1v) is 6.45. The quantitative estimate of drug-likeness (QED) is 0.734. The summed E-state index contributed by atoms with van der Waals surface area (Å²) in [5.41, 5.74) is -4.20. The molecule has 0 aromatic rings. The van der Waals surface area contributed by atoms with Gasteiger partial charge in [0.05, 0.1) is 7.11 Å². The van der Waals surface area contributed by atoms with Crippen LogP contribution in [0.1, 0.15) is 19.3 Å². The van der Waals surface area contributed by atoms with Crippen LogP contribution >= 0.6 is 11.8 Å². The molecule has 1 fully saturated rings. The van der Waals surface area contributed by atoms with Crippen molar-refractivity contribution in [2.45, 2.75) is 30.8 Å². The highest BCUT2D eigenvalue weighted by atomic mass is 32.2. The molecule has 1 atom stereocenters. The summed E-state index contributed by atoms with van der Waals surface area (Å²) in [6.45, 7) is 0.933. The normalized spacial score (nSPS) is 22.5. The van der Waals surface area contributed by atoms with Crippen LogP contribution in [0.4, 0.5) is 13.2 Å². The molecule has 100 valence electrons. The minimum atomic E-state index is -4.20. The molecule has 0 unspecified atom stereocenters. The highest BCUT2D eigenvalue weighted by Gasteiger charge is 2.31. The van der Waals surface area contributed by atoms with E-state index in [0.29, 0.717) is 13.0 Å². The fourth-order valence-corrected chi connectivity index (χ4v) is 2.50. The van der Waals surface area contributed by atoms with E-state index >= 15 is 0 Å². The number of likely N-dealkylation sites (tertiary alicyclic amines) is 1. The van der Waals surface area contributed by atoms with Gasteiger partial charge in [0.2, 0.25) is 0 Å². The number of thioether (sulfide) groups is 1. The van der Waals surface area contributed by atoms with Crippen LogP contribution in [0.3, 0.4) is 0 Å². The Morgan fingerprint density at radius 3 is 2.76 bits per heavy atom. The highest BCUT2D eigenvalue weighted by molar-refractivity contribution is 8.00. The maximum atomic E-state index is 12.0. The monoisotopic (exact) mass is 271 g/mol. The lowest BCUT2D eigenvalue weighted by molar-refractivity contribution is -0.148. The van der Waals surface area contributed by atoms with Crippen molar-refractivity contribution >= 4 is 17.7 Å². The fraction of sp³-hybridized carbons (Fsp3) is 0.900. The third-order valence-electron chi connectivity index (χ3n) is 2.73. The molecule has 0 aromatic carbocycles. The van der Waals surface area contributed by atoms with Crippen molar-refractivity contribution in [2.24, 2.45) is 0 Å². The molecule has 0 aliphatic carbocycles. The van der Waals surface area contributed by atoms with E-state index in [0.717, 1.165) is 12.8 Å². The summed E-state index contributed by atoms with van der Waals surface area (Å²) in [6.07, 6.45) is 2.51. The summed E-state index contributed by atoms with van der Waals surface area (Å²) < 4.78 is 40.6. The Kier molecular flexibility index (Phi) is 5.58. The molecule has 1 saturated heterocycles. The van der Waals surface area contributed by atoms with E-state index in [1.165, 1.54) is 7.11 Å². The maximum absolute atomic E-state index is 12.0. The lowest BCUT2D eigenvalue weighted by Gasteiger charge is -2.33. The summed E-state index contributed by atoms with van der Waals surface area (Å²) in [5, 5.41) is 0. The number of piperidine rings is 1. The van der Waals surface area contributed by atoms with E-state index in [2.05, 4.69) is 4.74 Å². The Morgan fingerprint density at radius 1 is 1.47 bits per heavy atom. The molecular weight excluding hydrogens is 255 g/mol. The van der Waals surface area contributed by atoms with Crippen LogP contribution < -0.4 is 0 Å². The second-order valence-electron chi connectivity index (χ2n) is 3.86. The molecule has 1 rings (SSSR count). The van der Waals surface area contributed by atoms with Gasteiger partial charge in [0.15, 0.2) is 0 Å². The van der Waals surface area contributed by atoms with Crippen molar-refractivity contribution in [3.05, 3.63) is 0 Å². The number of halogens is 3. The molecule has 1 aliphatic heterocycles. The predicted octanol–water partition coefficient (Wildman–Crippen LogP) is 2.27. The van der Waals surface area contributed by atoms with Crippen LogP contribution in [-0.2, 0) is 9.53 Å². The van der Waals surface area contributed by atoms with Gasteiger partial charge in [0, 0.05) is 12.3 Å². The van der Waals surface area contributed by atoms with Crippen molar-refractivity contribution < 1.29 is 22.7 Å². The zero-order valence-corrected chi connectivity index (χ0v) is 10.4. The molecule has 0 bridgehead atoms. The first-order chi connectivity index (χ1) is 7.94. The first kappa shape index (κ1) is 14.6. The number of esters is 1. The van der Waals surface area contributed by atoms with Gasteiger partial charge in [-0.25, -0.2) is 0 Å². The second kappa shape index (κ2) is 6.49. The third-order valence-corrected chi connectivity index (χ3v) is 3.45. The van der Waals surface area contributed by atoms with Crippen LogP contribution in [-0.4, -0.2) is 48.4 Å². The van der Waals surface area contributed by atoms with E-state index in [1.807, 2.05) is 0 Å². The highest BCUT2D eigenvalue weighted by Crippen LogP contribution is 2.30. The standard InChI is InChI=1S/C10H16F3NO2S/c1-16-9(15)8-4-2-3-5-14(8)6-7-17-10(11,12)13/h8H,2-7H2,1H3/t8-/m1/s1.